The third-order valence-corrected chi connectivity index (χ3v) is 5.82. The summed E-state index contributed by atoms with van der Waals surface area (Å²) in [5.41, 5.74) is 2.00. The molecule has 3 atom stereocenters. The van der Waals surface area contributed by atoms with Crippen LogP contribution in [0.4, 0.5) is 0 Å². The van der Waals surface area contributed by atoms with Gasteiger partial charge in [0.25, 0.3) is 4.74 Å². The summed E-state index contributed by atoms with van der Waals surface area (Å²) >= 11 is 3.55. The number of hydrogen-bond acceptors (Lipinski definition) is 3. The lowest BCUT2D eigenvalue weighted by molar-refractivity contribution is -0.685. The van der Waals surface area contributed by atoms with Gasteiger partial charge in [0.05, 0.1) is 12.4 Å². The minimum Gasteiger partial charge on any atom is -1.00 e. The summed E-state index contributed by atoms with van der Waals surface area (Å²) in [7, 11) is 0. The van der Waals surface area contributed by atoms with Crippen molar-refractivity contribution in [3.8, 4) is 0 Å². The van der Waals surface area contributed by atoms with Gasteiger partial charge < -0.3 is 17.3 Å². The predicted molar refractivity (Wildman–Crippen MR) is 88.6 cm³/mol. The topological polar surface area (TPSA) is 49.5 Å². The summed E-state index contributed by atoms with van der Waals surface area (Å²) in [6.45, 7) is 4.93. The van der Waals surface area contributed by atoms with E-state index in [9.17, 15) is 4.79 Å². The highest BCUT2D eigenvalue weighted by atomic mass is 79.9. The van der Waals surface area contributed by atoms with E-state index in [0.717, 1.165) is 46.8 Å². The number of amidine groups is 1. The molecule has 0 aromatic rings. The fraction of sp³-hybridized carbons (Fsp3) is 0.562. The summed E-state index contributed by atoms with van der Waals surface area (Å²) in [6, 6.07) is 0.418. The first-order valence-corrected chi connectivity index (χ1v) is 8.63. The minimum absolute atomic E-state index is 0. The van der Waals surface area contributed by atoms with Crippen molar-refractivity contribution in [3.05, 3.63) is 23.8 Å². The van der Waals surface area contributed by atoms with E-state index in [0.29, 0.717) is 17.9 Å². The fourth-order valence-corrected chi connectivity index (χ4v) is 4.63. The van der Waals surface area contributed by atoms with Crippen LogP contribution in [0.1, 0.15) is 33.1 Å². The van der Waals surface area contributed by atoms with Crippen LogP contribution in [-0.4, -0.2) is 34.4 Å². The molecule has 2 saturated heterocycles. The zero-order chi connectivity index (χ0) is 15.5. The van der Waals surface area contributed by atoms with Crippen LogP contribution in [0.25, 0.3) is 0 Å². The van der Waals surface area contributed by atoms with Crippen LogP contribution in [0.3, 0.4) is 0 Å². The number of fused-ring (bicyclic) bond motifs is 2. The first-order valence-electron chi connectivity index (χ1n) is 7.84. The Bertz CT molecular complexity index is 667. The largest absolute Gasteiger partial charge is 1.00 e. The Hall–Kier alpha value is -0.980. The third-order valence-electron chi connectivity index (χ3n) is 5.22. The normalized spacial score (nSPS) is 34.2. The van der Waals surface area contributed by atoms with Crippen molar-refractivity contribution in [1.29, 1.82) is 0 Å². The summed E-state index contributed by atoms with van der Waals surface area (Å²) in [5, 5.41) is 0. The van der Waals surface area contributed by atoms with Gasteiger partial charge in [0.15, 0.2) is 5.70 Å². The number of carbonyl (C=O) groups excluding carboxylic acids is 1. The molecule has 0 aromatic heterocycles. The molecule has 4 heterocycles. The van der Waals surface area contributed by atoms with Gasteiger partial charge in [-0.05, 0) is 19.3 Å². The Labute approximate surface area is 150 Å². The third kappa shape index (κ3) is 2.61. The molecule has 3 unspecified atom stereocenters. The number of amides is 1. The zero-order valence-electron chi connectivity index (χ0n) is 13.2. The standard InChI is InChI=1S/C16H19BrN4O.ClH/c1-16(2)7-11-4-3-10(9-21(11)14(16)22)13-12-8-18-5-6-20(12)15(17)19-13;/h5-6,8,10-11H,3-4,7,9H2,1-2H3;1H. The van der Waals surface area contributed by atoms with E-state index >= 15 is 0 Å². The zero-order valence-corrected chi connectivity index (χ0v) is 15.6. The molecule has 4 aliphatic rings. The van der Waals surface area contributed by atoms with E-state index in [1.54, 1.807) is 6.20 Å². The first-order chi connectivity index (χ1) is 10.5. The molecule has 1 N–H and O–H groups in total. The van der Waals surface area contributed by atoms with E-state index in [1.165, 1.54) is 0 Å². The second kappa shape index (κ2) is 5.83. The molecule has 7 heteroatoms. The molecule has 0 aliphatic carbocycles. The summed E-state index contributed by atoms with van der Waals surface area (Å²) in [4.78, 5) is 24.8. The van der Waals surface area contributed by atoms with Gasteiger partial charge in [-0.3, -0.25) is 9.79 Å². The Kier molecular flexibility index (Phi) is 4.27. The smallest absolute Gasteiger partial charge is 0.279 e. The van der Waals surface area contributed by atoms with Gasteiger partial charge in [0.2, 0.25) is 5.91 Å². The Morgan fingerprint density at radius 3 is 2.96 bits per heavy atom. The van der Waals surface area contributed by atoms with Gasteiger partial charge in [-0.15, -0.1) is 0 Å². The van der Waals surface area contributed by atoms with Crippen molar-refractivity contribution >= 4 is 32.8 Å². The van der Waals surface area contributed by atoms with Gasteiger partial charge >= 0.3 is 0 Å². The van der Waals surface area contributed by atoms with Gasteiger partial charge in [-0.2, -0.15) is 4.99 Å². The van der Waals surface area contributed by atoms with Crippen LogP contribution in [0.2, 0.25) is 0 Å². The van der Waals surface area contributed by atoms with Crippen LogP contribution >= 0.6 is 15.9 Å². The number of hydrogen-bond donors (Lipinski definition) is 1. The molecule has 124 valence electrons. The van der Waals surface area contributed by atoms with Crippen LogP contribution in [0.5, 0.6) is 0 Å². The Morgan fingerprint density at radius 1 is 1.39 bits per heavy atom. The number of piperidine rings is 1. The quantitative estimate of drug-likeness (QED) is 0.533. The van der Waals surface area contributed by atoms with Crippen LogP contribution in [-0.2, 0) is 4.79 Å². The number of nitrogens with one attached hydrogen (secondary N) is 1. The number of carbonyl (C=O) groups is 1. The average molecular weight is 400 g/mol. The Morgan fingerprint density at radius 2 is 2.17 bits per heavy atom. The second-order valence-corrected chi connectivity index (χ2v) is 7.93. The molecular weight excluding hydrogens is 380 g/mol. The van der Waals surface area contributed by atoms with E-state index in [1.807, 2.05) is 12.4 Å². The van der Waals surface area contributed by atoms with Crippen LogP contribution in [0, 0.1) is 11.3 Å². The molecule has 23 heavy (non-hydrogen) atoms. The molecule has 0 spiro atoms. The van der Waals surface area contributed by atoms with Crippen molar-refractivity contribution < 1.29 is 22.1 Å². The minimum atomic E-state index is -0.205. The fourth-order valence-electron chi connectivity index (χ4n) is 4.09. The molecule has 5 nitrogen and oxygen atoms in total. The maximum atomic E-state index is 12.6. The highest BCUT2D eigenvalue weighted by Crippen LogP contribution is 2.42. The van der Waals surface area contributed by atoms with E-state index in [-0.39, 0.29) is 17.8 Å². The monoisotopic (exact) mass is 398 g/mol. The SMILES string of the molecule is CC1(C)CC2CCC(C3=C4C=NC=C[NH+]4C(Br)=N3)CN2C1=O.[Cl-]. The van der Waals surface area contributed by atoms with Crippen molar-refractivity contribution in [3.63, 3.8) is 0 Å². The number of halogens is 2. The molecule has 0 saturated carbocycles. The van der Waals surface area contributed by atoms with Gasteiger partial charge in [0.1, 0.15) is 11.9 Å². The van der Waals surface area contributed by atoms with Gasteiger partial charge in [-0.1, -0.05) is 13.8 Å². The van der Waals surface area contributed by atoms with Gasteiger partial charge in [0, 0.05) is 39.8 Å². The maximum absolute atomic E-state index is 12.6. The van der Waals surface area contributed by atoms with Crippen molar-refractivity contribution in [2.45, 2.75) is 39.2 Å². The highest BCUT2D eigenvalue weighted by molar-refractivity contribution is 9.18. The summed E-state index contributed by atoms with van der Waals surface area (Å²) in [5.74, 6) is 0.613. The van der Waals surface area contributed by atoms with Crippen molar-refractivity contribution in [1.82, 2.24) is 4.90 Å². The molecular formula is C16H20BrClN4O. The average Bonchev–Trinajstić information content (AvgIpc) is 2.95. The highest BCUT2D eigenvalue weighted by Gasteiger charge is 2.49. The number of nitrogens with zero attached hydrogens (tertiary/aromatic N) is 3. The summed E-state index contributed by atoms with van der Waals surface area (Å²) < 4.78 is 0.884. The molecule has 4 aliphatic heterocycles. The van der Waals surface area contributed by atoms with E-state index in [4.69, 9.17) is 4.99 Å². The number of rotatable bonds is 1. The van der Waals surface area contributed by atoms with Gasteiger partial charge in [-0.25, -0.2) is 4.90 Å². The molecule has 4 rings (SSSR count). The Balaban J connectivity index is 0.00000156. The molecule has 1 amide bonds. The van der Waals surface area contributed by atoms with E-state index < -0.39 is 0 Å². The molecule has 0 radical (unpaired) electrons. The van der Waals surface area contributed by atoms with Crippen molar-refractivity contribution in [2.75, 3.05) is 6.54 Å². The van der Waals surface area contributed by atoms with Crippen LogP contribution < -0.4 is 17.3 Å². The maximum Gasteiger partial charge on any atom is 0.279 e. The summed E-state index contributed by atoms with van der Waals surface area (Å²) in [6.07, 6.45) is 8.83. The van der Waals surface area contributed by atoms with E-state index in [2.05, 4.69) is 39.7 Å². The lowest BCUT2D eigenvalue weighted by atomic mass is 9.86. The lowest BCUT2D eigenvalue weighted by Gasteiger charge is -2.34. The number of aliphatic imine (C=N–C) groups is 2. The molecule has 0 bridgehead atoms. The number of quaternary nitrogens is 1. The van der Waals surface area contributed by atoms with Crippen LogP contribution in [0.15, 0.2) is 33.8 Å². The van der Waals surface area contributed by atoms with Crippen molar-refractivity contribution in [2.24, 2.45) is 21.3 Å². The predicted octanol–water partition coefficient (Wildman–Crippen LogP) is -1.56. The lowest BCUT2D eigenvalue weighted by Crippen LogP contribution is -3.07. The number of allylic oxidation sites excluding steroid dienone is 1. The second-order valence-electron chi connectivity index (χ2n) is 7.18. The first kappa shape index (κ1) is 16.9. The molecule has 0 aromatic carbocycles. The molecule has 2 fully saturated rings.